The normalized spacial score (nSPS) is 16.5. The number of rotatable bonds is 6. The Kier molecular flexibility index (Phi) is 5.89. The number of amidine groups is 1. The predicted octanol–water partition coefficient (Wildman–Crippen LogP) is -1.50. The van der Waals surface area contributed by atoms with E-state index in [1.807, 2.05) is 0 Å². The number of aliphatic carboxylic acids is 1. The van der Waals surface area contributed by atoms with Gasteiger partial charge in [0.05, 0.1) is 13.0 Å². The fraction of sp³-hybridized carbons (Fsp3) is 0.312. The van der Waals surface area contributed by atoms with Gasteiger partial charge in [0.15, 0.2) is 0 Å². The Morgan fingerprint density at radius 1 is 1.27 bits per heavy atom. The van der Waals surface area contributed by atoms with Gasteiger partial charge in [-0.25, -0.2) is 0 Å². The lowest BCUT2D eigenvalue weighted by molar-refractivity contribution is -0.148. The first-order chi connectivity index (χ1) is 12.3. The van der Waals surface area contributed by atoms with Gasteiger partial charge in [0.1, 0.15) is 11.9 Å². The number of nitrogens with two attached hydrogens (primary N) is 1. The van der Waals surface area contributed by atoms with Crippen LogP contribution in [0.15, 0.2) is 24.3 Å². The third-order valence-electron chi connectivity index (χ3n) is 3.88. The van der Waals surface area contributed by atoms with Crippen LogP contribution >= 0.6 is 0 Å². The Morgan fingerprint density at radius 3 is 2.46 bits per heavy atom. The lowest BCUT2D eigenvalue weighted by Crippen LogP contribution is -2.59. The van der Waals surface area contributed by atoms with Crippen LogP contribution in [0.4, 0.5) is 0 Å². The van der Waals surface area contributed by atoms with Gasteiger partial charge in [-0.3, -0.25) is 24.6 Å². The van der Waals surface area contributed by atoms with Gasteiger partial charge in [0, 0.05) is 24.2 Å². The van der Waals surface area contributed by atoms with Gasteiger partial charge >= 0.3 is 5.97 Å². The van der Waals surface area contributed by atoms with Gasteiger partial charge < -0.3 is 26.4 Å². The summed E-state index contributed by atoms with van der Waals surface area (Å²) in [6.45, 7) is 0.0313. The molecule has 1 heterocycles. The smallest absolute Gasteiger partial charge is 0.305 e. The Morgan fingerprint density at radius 2 is 1.88 bits per heavy atom. The molecule has 0 radical (unpaired) electrons. The molecule has 0 spiro atoms. The van der Waals surface area contributed by atoms with Crippen molar-refractivity contribution in [1.82, 2.24) is 15.5 Å². The number of piperazine rings is 1. The number of carboxylic acids is 1. The summed E-state index contributed by atoms with van der Waals surface area (Å²) in [4.78, 5) is 48.3. The summed E-state index contributed by atoms with van der Waals surface area (Å²) in [5.41, 5.74) is 6.08. The zero-order valence-electron chi connectivity index (χ0n) is 13.8. The van der Waals surface area contributed by atoms with Crippen LogP contribution in [0.25, 0.3) is 0 Å². The third kappa shape index (κ3) is 4.56. The molecule has 1 aliphatic rings. The molecule has 1 aliphatic heterocycles. The number of carboxylic acid groups (broad SMARTS) is 1. The Balaban J connectivity index is 1.97. The second-order valence-corrected chi connectivity index (χ2v) is 5.67. The summed E-state index contributed by atoms with van der Waals surface area (Å²) in [6.07, 6.45) is -0.502. The molecule has 1 saturated heterocycles. The molecule has 6 N–H and O–H groups in total. The fourth-order valence-corrected chi connectivity index (χ4v) is 2.54. The van der Waals surface area contributed by atoms with Crippen LogP contribution in [0.3, 0.4) is 0 Å². The Labute approximate surface area is 148 Å². The lowest BCUT2D eigenvalue weighted by atomic mass is 10.1. The maximum atomic E-state index is 12.3. The first-order valence-corrected chi connectivity index (χ1v) is 7.81. The summed E-state index contributed by atoms with van der Waals surface area (Å²) in [6, 6.07) is 4.87. The van der Waals surface area contributed by atoms with E-state index in [1.54, 1.807) is 0 Å². The Hall–Kier alpha value is -3.43. The third-order valence-corrected chi connectivity index (χ3v) is 3.88. The molecule has 0 saturated carbocycles. The van der Waals surface area contributed by atoms with E-state index in [0.717, 1.165) is 4.90 Å². The summed E-state index contributed by atoms with van der Waals surface area (Å²) in [5.74, 6) is -2.90. The number of nitrogens with zero attached hydrogens (tertiary/aromatic N) is 1. The summed E-state index contributed by atoms with van der Waals surface area (Å²) >= 11 is 0. The van der Waals surface area contributed by atoms with E-state index in [2.05, 4.69) is 10.6 Å². The number of carbonyl (C=O) groups excluding carboxylic acids is 3. The molecule has 26 heavy (non-hydrogen) atoms. The average molecular weight is 361 g/mol. The number of carbonyl (C=O) groups is 4. The van der Waals surface area contributed by atoms with Crippen molar-refractivity contribution in [1.29, 1.82) is 5.41 Å². The fourth-order valence-electron chi connectivity index (χ4n) is 2.54. The van der Waals surface area contributed by atoms with E-state index in [0.29, 0.717) is 5.56 Å². The second-order valence-electron chi connectivity index (χ2n) is 5.67. The first-order valence-electron chi connectivity index (χ1n) is 7.81. The lowest BCUT2D eigenvalue weighted by Gasteiger charge is -2.34. The minimum atomic E-state index is -1.19. The maximum Gasteiger partial charge on any atom is 0.305 e. The molecule has 1 unspecified atom stereocenters. The molecule has 1 aromatic rings. The first kappa shape index (κ1) is 18.9. The van der Waals surface area contributed by atoms with Crippen molar-refractivity contribution in [3.8, 4) is 0 Å². The van der Waals surface area contributed by atoms with Gasteiger partial charge in [-0.15, -0.1) is 0 Å². The van der Waals surface area contributed by atoms with Crippen LogP contribution in [0, 0.1) is 5.41 Å². The van der Waals surface area contributed by atoms with E-state index in [9.17, 15) is 19.2 Å². The van der Waals surface area contributed by atoms with Crippen molar-refractivity contribution in [2.75, 3.05) is 19.6 Å². The molecular formula is C16H19N5O5. The summed E-state index contributed by atoms with van der Waals surface area (Å²) in [7, 11) is 0. The highest BCUT2D eigenvalue weighted by Gasteiger charge is 2.34. The minimum Gasteiger partial charge on any atom is -0.481 e. The molecule has 10 nitrogen and oxygen atoms in total. The van der Waals surface area contributed by atoms with Gasteiger partial charge in [-0.1, -0.05) is 12.1 Å². The van der Waals surface area contributed by atoms with Crippen molar-refractivity contribution in [3.63, 3.8) is 0 Å². The number of benzene rings is 1. The van der Waals surface area contributed by atoms with Crippen molar-refractivity contribution < 1.29 is 24.3 Å². The van der Waals surface area contributed by atoms with Gasteiger partial charge in [0.25, 0.3) is 5.91 Å². The molecular weight excluding hydrogens is 342 g/mol. The maximum absolute atomic E-state index is 12.3. The molecule has 1 aromatic carbocycles. The Bertz CT molecular complexity index is 746. The summed E-state index contributed by atoms with van der Waals surface area (Å²) in [5, 5.41) is 21.2. The number of hydrogen-bond donors (Lipinski definition) is 5. The largest absolute Gasteiger partial charge is 0.481 e. The number of amides is 3. The standard InChI is InChI=1S/C16H19N5O5/c17-14(18)9-1-3-10(4-2-9)15(25)20-8-12(22)21-6-5-19-16(26)11(21)7-13(23)24/h1-4,11H,5-8H2,(H3,17,18)(H,19,26)(H,20,25)(H,23,24). The highest BCUT2D eigenvalue weighted by molar-refractivity contribution is 5.99. The van der Waals surface area contributed by atoms with E-state index in [1.165, 1.54) is 24.3 Å². The highest BCUT2D eigenvalue weighted by Crippen LogP contribution is 2.09. The van der Waals surface area contributed by atoms with Crippen LogP contribution in [0.5, 0.6) is 0 Å². The van der Waals surface area contributed by atoms with Crippen LogP contribution in [-0.2, 0) is 14.4 Å². The number of nitrogens with one attached hydrogen (secondary N) is 3. The van der Waals surface area contributed by atoms with Gasteiger partial charge in [-0.05, 0) is 12.1 Å². The zero-order chi connectivity index (χ0) is 19.3. The van der Waals surface area contributed by atoms with E-state index < -0.39 is 36.2 Å². The van der Waals surface area contributed by atoms with Gasteiger partial charge in [0.2, 0.25) is 11.8 Å². The monoisotopic (exact) mass is 361 g/mol. The molecule has 2 rings (SSSR count). The number of nitrogen functional groups attached to an aromatic ring is 1. The molecule has 1 fully saturated rings. The number of hydrogen-bond acceptors (Lipinski definition) is 5. The van der Waals surface area contributed by atoms with E-state index in [4.69, 9.17) is 16.2 Å². The quantitative estimate of drug-likeness (QED) is 0.305. The molecule has 10 heteroatoms. The van der Waals surface area contributed by atoms with E-state index >= 15 is 0 Å². The van der Waals surface area contributed by atoms with Crippen LogP contribution < -0.4 is 16.4 Å². The topological polar surface area (TPSA) is 166 Å². The predicted molar refractivity (Wildman–Crippen MR) is 90.6 cm³/mol. The summed E-state index contributed by atoms with van der Waals surface area (Å²) < 4.78 is 0. The molecule has 0 aliphatic carbocycles. The minimum absolute atomic E-state index is 0.125. The van der Waals surface area contributed by atoms with E-state index in [-0.39, 0.29) is 31.0 Å². The zero-order valence-corrected chi connectivity index (χ0v) is 13.8. The van der Waals surface area contributed by atoms with Crippen molar-refractivity contribution in [2.24, 2.45) is 5.73 Å². The molecule has 0 aromatic heterocycles. The van der Waals surface area contributed by atoms with Gasteiger partial charge in [-0.2, -0.15) is 0 Å². The molecule has 0 bridgehead atoms. The highest BCUT2D eigenvalue weighted by atomic mass is 16.4. The van der Waals surface area contributed by atoms with Crippen LogP contribution in [0.1, 0.15) is 22.3 Å². The average Bonchev–Trinajstić information content (AvgIpc) is 2.60. The van der Waals surface area contributed by atoms with Crippen molar-refractivity contribution in [3.05, 3.63) is 35.4 Å². The SMILES string of the molecule is N=C(N)c1ccc(C(=O)NCC(=O)N2CCNC(=O)C2CC(=O)O)cc1. The molecule has 1 atom stereocenters. The van der Waals surface area contributed by atoms with Crippen molar-refractivity contribution >= 4 is 29.5 Å². The van der Waals surface area contributed by atoms with Crippen LogP contribution in [-0.4, -0.2) is 65.2 Å². The van der Waals surface area contributed by atoms with Crippen LogP contribution in [0.2, 0.25) is 0 Å². The molecule has 138 valence electrons. The molecule has 3 amide bonds. The second kappa shape index (κ2) is 8.10. The van der Waals surface area contributed by atoms with Crippen molar-refractivity contribution in [2.45, 2.75) is 12.5 Å².